The zero-order valence-electron chi connectivity index (χ0n) is 10.7. The molecule has 1 aliphatic carbocycles. The molecule has 0 atom stereocenters. The summed E-state index contributed by atoms with van der Waals surface area (Å²) in [4.78, 5) is 0.00154. The van der Waals surface area contributed by atoms with E-state index in [1.165, 1.54) is 12.1 Å². The molecule has 0 aromatic heterocycles. The third-order valence-electron chi connectivity index (χ3n) is 3.03. The largest absolute Gasteiger partial charge is 0.511 e. The fourth-order valence-corrected chi connectivity index (χ4v) is 1.99. The summed E-state index contributed by atoms with van der Waals surface area (Å²) in [5.74, 6) is -0.0890. The van der Waals surface area contributed by atoms with Gasteiger partial charge in [0, 0.05) is 11.6 Å². The van der Waals surface area contributed by atoms with Gasteiger partial charge in [-0.3, -0.25) is 0 Å². The maximum Gasteiger partial charge on any atom is 0.416 e. The minimum atomic E-state index is -4.40. The maximum absolute atomic E-state index is 12.4. The van der Waals surface area contributed by atoms with Crippen molar-refractivity contribution in [2.45, 2.75) is 19.0 Å². The van der Waals surface area contributed by atoms with Crippen LogP contribution in [0.3, 0.4) is 0 Å². The lowest BCUT2D eigenvalue weighted by atomic mass is 10.1. The molecule has 2 rings (SSSR count). The molecule has 0 radical (unpaired) electrons. The number of nitriles is 1. The number of aliphatic hydroxyl groups is 1. The smallest absolute Gasteiger partial charge is 0.416 e. The number of nitrogens with zero attached hydrogens (tertiary/aromatic N) is 1. The van der Waals surface area contributed by atoms with Crippen LogP contribution < -0.4 is 5.32 Å². The number of rotatable bonds is 3. The lowest BCUT2D eigenvalue weighted by molar-refractivity contribution is -0.137. The van der Waals surface area contributed by atoms with E-state index in [4.69, 9.17) is 17.5 Å². The molecule has 0 bridgehead atoms. The van der Waals surface area contributed by atoms with Crippen LogP contribution in [-0.2, 0) is 6.18 Å². The topological polar surface area (TPSA) is 56.0 Å². The first-order chi connectivity index (χ1) is 9.82. The zero-order chi connectivity index (χ0) is 15.6. The highest BCUT2D eigenvalue weighted by Crippen LogP contribution is 2.36. The van der Waals surface area contributed by atoms with E-state index in [0.29, 0.717) is 5.69 Å². The Morgan fingerprint density at radius 3 is 2.29 bits per heavy atom. The average Bonchev–Trinajstić information content (AvgIpc) is 3.23. The van der Waals surface area contributed by atoms with Gasteiger partial charge in [-0.1, -0.05) is 12.2 Å². The number of alkyl halides is 3. The number of nitrogens with one attached hydrogen (secondary N) is 1. The SMILES string of the molecule is N#C/C(C(=S)Nc1ccc(C(F)(F)F)cc1)=C(\O)C1CC1. The highest BCUT2D eigenvalue weighted by Gasteiger charge is 2.31. The fraction of sp³-hybridized carbons (Fsp3) is 0.286. The molecule has 1 aromatic rings. The Bertz CT molecular complexity index is 625. The van der Waals surface area contributed by atoms with Crippen molar-refractivity contribution in [3.05, 3.63) is 41.2 Å². The minimum Gasteiger partial charge on any atom is -0.511 e. The Labute approximate surface area is 124 Å². The first-order valence-corrected chi connectivity index (χ1v) is 6.55. The molecule has 0 heterocycles. The predicted octanol–water partition coefficient (Wildman–Crippen LogP) is 4.19. The summed E-state index contributed by atoms with van der Waals surface area (Å²) in [6.07, 6.45) is -2.79. The second-order valence-electron chi connectivity index (χ2n) is 4.68. The molecule has 3 nitrogen and oxygen atoms in total. The first kappa shape index (κ1) is 15.3. The quantitative estimate of drug-likeness (QED) is 0.380. The van der Waals surface area contributed by atoms with Crippen LogP contribution in [-0.4, -0.2) is 10.1 Å². The predicted molar refractivity (Wildman–Crippen MR) is 75.7 cm³/mol. The van der Waals surface area contributed by atoms with E-state index in [-0.39, 0.29) is 22.2 Å². The number of benzene rings is 1. The van der Waals surface area contributed by atoms with E-state index in [2.05, 4.69) is 5.32 Å². The Hall–Kier alpha value is -2.07. The summed E-state index contributed by atoms with van der Waals surface area (Å²) in [5.41, 5.74) is -0.479. The van der Waals surface area contributed by atoms with Crippen LogP contribution in [0.25, 0.3) is 0 Å². The van der Waals surface area contributed by atoms with E-state index in [1.54, 1.807) is 0 Å². The van der Waals surface area contributed by atoms with Crippen molar-refractivity contribution >= 4 is 22.9 Å². The van der Waals surface area contributed by atoms with Gasteiger partial charge in [0.05, 0.1) is 5.56 Å². The second-order valence-corrected chi connectivity index (χ2v) is 5.08. The van der Waals surface area contributed by atoms with Crippen molar-refractivity contribution < 1.29 is 18.3 Å². The molecule has 1 saturated carbocycles. The molecule has 21 heavy (non-hydrogen) atoms. The van der Waals surface area contributed by atoms with E-state index in [1.807, 2.05) is 6.07 Å². The molecule has 1 fully saturated rings. The molecule has 7 heteroatoms. The molecule has 1 aromatic carbocycles. The van der Waals surface area contributed by atoms with Crippen molar-refractivity contribution in [1.29, 1.82) is 5.26 Å². The van der Waals surface area contributed by atoms with Crippen LogP contribution in [0.15, 0.2) is 35.6 Å². The highest BCUT2D eigenvalue weighted by molar-refractivity contribution is 7.81. The fourth-order valence-electron chi connectivity index (χ4n) is 1.72. The van der Waals surface area contributed by atoms with E-state index in [9.17, 15) is 18.3 Å². The third-order valence-corrected chi connectivity index (χ3v) is 3.34. The van der Waals surface area contributed by atoms with Crippen molar-refractivity contribution in [2.24, 2.45) is 5.92 Å². The Morgan fingerprint density at radius 1 is 1.29 bits per heavy atom. The molecule has 0 unspecified atom stereocenters. The monoisotopic (exact) mass is 312 g/mol. The van der Waals surface area contributed by atoms with E-state index < -0.39 is 11.7 Å². The number of allylic oxidation sites excluding steroid dienone is 1. The Balaban J connectivity index is 2.13. The summed E-state index contributed by atoms with van der Waals surface area (Å²) in [5, 5.41) is 21.5. The lowest BCUT2D eigenvalue weighted by Gasteiger charge is -2.10. The third kappa shape index (κ3) is 3.73. The van der Waals surface area contributed by atoms with Gasteiger partial charge in [-0.15, -0.1) is 0 Å². The summed E-state index contributed by atoms with van der Waals surface area (Å²) in [6.45, 7) is 0. The molecule has 2 N–H and O–H groups in total. The number of hydrogen-bond acceptors (Lipinski definition) is 3. The molecule has 110 valence electrons. The van der Waals surface area contributed by atoms with Gasteiger partial charge in [0.25, 0.3) is 0 Å². The molecule has 0 aliphatic heterocycles. The van der Waals surface area contributed by atoms with Crippen LogP contribution in [0.5, 0.6) is 0 Å². The van der Waals surface area contributed by atoms with E-state index in [0.717, 1.165) is 25.0 Å². The molecule has 1 aliphatic rings. The summed E-state index contributed by atoms with van der Waals surface area (Å²) in [6, 6.07) is 6.10. The molecule has 0 spiro atoms. The van der Waals surface area contributed by atoms with Crippen molar-refractivity contribution in [2.75, 3.05) is 5.32 Å². The van der Waals surface area contributed by atoms with Crippen LogP contribution in [0, 0.1) is 17.2 Å². The van der Waals surface area contributed by atoms with Crippen LogP contribution in [0.1, 0.15) is 18.4 Å². The van der Waals surface area contributed by atoms with Gasteiger partial charge in [-0.2, -0.15) is 18.4 Å². The van der Waals surface area contributed by atoms with E-state index >= 15 is 0 Å². The van der Waals surface area contributed by atoms with Gasteiger partial charge in [0.2, 0.25) is 0 Å². The summed E-state index contributed by atoms with van der Waals surface area (Å²) < 4.78 is 37.3. The van der Waals surface area contributed by atoms with Gasteiger partial charge in [-0.05, 0) is 37.1 Å². The zero-order valence-corrected chi connectivity index (χ0v) is 11.6. The van der Waals surface area contributed by atoms with Gasteiger partial charge in [-0.25, -0.2) is 0 Å². The number of halogens is 3. The lowest BCUT2D eigenvalue weighted by Crippen LogP contribution is -2.14. The number of aliphatic hydroxyl groups excluding tert-OH is 1. The molecular weight excluding hydrogens is 301 g/mol. The van der Waals surface area contributed by atoms with Gasteiger partial charge in [0.15, 0.2) is 0 Å². The molecule has 0 saturated heterocycles. The van der Waals surface area contributed by atoms with Crippen LogP contribution >= 0.6 is 12.2 Å². The highest BCUT2D eigenvalue weighted by atomic mass is 32.1. The summed E-state index contributed by atoms with van der Waals surface area (Å²) in [7, 11) is 0. The maximum atomic E-state index is 12.4. The Kier molecular flexibility index (Phi) is 4.19. The van der Waals surface area contributed by atoms with Crippen LogP contribution in [0.2, 0.25) is 0 Å². The Morgan fingerprint density at radius 2 is 1.86 bits per heavy atom. The van der Waals surface area contributed by atoms with Gasteiger partial charge < -0.3 is 10.4 Å². The average molecular weight is 312 g/mol. The van der Waals surface area contributed by atoms with Crippen molar-refractivity contribution in [3.8, 4) is 6.07 Å². The van der Waals surface area contributed by atoms with Crippen molar-refractivity contribution in [1.82, 2.24) is 0 Å². The standard InChI is InChI=1S/C14H11F3N2OS/c15-14(16,17)9-3-5-10(6-4-9)19-13(21)11(7-18)12(20)8-1-2-8/h3-6,8,20H,1-2H2,(H,19,21)/b12-11+. The van der Waals surface area contributed by atoms with Crippen LogP contribution in [0.4, 0.5) is 18.9 Å². The van der Waals surface area contributed by atoms with Gasteiger partial charge in [0.1, 0.15) is 22.4 Å². The molecular formula is C14H11F3N2OS. The number of hydrogen-bond donors (Lipinski definition) is 2. The first-order valence-electron chi connectivity index (χ1n) is 6.14. The van der Waals surface area contributed by atoms with Crippen molar-refractivity contribution in [3.63, 3.8) is 0 Å². The second kappa shape index (κ2) is 5.74. The molecule has 0 amide bonds. The number of thiocarbonyl (C=S) groups is 1. The number of anilines is 1. The normalized spacial score (nSPS) is 15.9. The summed E-state index contributed by atoms with van der Waals surface area (Å²) >= 11 is 5.01. The van der Waals surface area contributed by atoms with Gasteiger partial charge >= 0.3 is 6.18 Å². The minimum absolute atomic E-state index is 0.00154.